The Morgan fingerprint density at radius 2 is 1.67 bits per heavy atom. The lowest BCUT2D eigenvalue weighted by Gasteiger charge is -2.13. The molecule has 0 bridgehead atoms. The van der Waals surface area contributed by atoms with Gasteiger partial charge in [0, 0.05) is 18.2 Å². The van der Waals surface area contributed by atoms with Crippen molar-refractivity contribution >= 4 is 5.91 Å². The number of aliphatic hydroxyl groups excluding tert-OH is 1. The summed E-state index contributed by atoms with van der Waals surface area (Å²) in [5, 5.41) is 11.7. The van der Waals surface area contributed by atoms with Crippen molar-refractivity contribution in [1.29, 1.82) is 0 Å². The molecule has 21 heavy (non-hydrogen) atoms. The van der Waals surface area contributed by atoms with Gasteiger partial charge in [0.1, 0.15) is 0 Å². The summed E-state index contributed by atoms with van der Waals surface area (Å²) in [7, 11) is 0. The normalized spacial score (nSPS) is 11.9. The van der Waals surface area contributed by atoms with E-state index < -0.39 is 0 Å². The van der Waals surface area contributed by atoms with Gasteiger partial charge in [-0.1, -0.05) is 42.5 Å². The fourth-order valence-electron chi connectivity index (χ4n) is 2.22. The smallest absolute Gasteiger partial charge is 0.251 e. The molecule has 0 saturated carbocycles. The van der Waals surface area contributed by atoms with Gasteiger partial charge in [0.05, 0.1) is 0 Å². The van der Waals surface area contributed by atoms with Crippen LogP contribution in [0.1, 0.15) is 30.1 Å². The van der Waals surface area contributed by atoms with Crippen LogP contribution in [0.3, 0.4) is 0 Å². The van der Waals surface area contributed by atoms with Crippen LogP contribution in [0.15, 0.2) is 54.6 Å². The molecule has 0 aliphatic carbocycles. The van der Waals surface area contributed by atoms with E-state index in [1.165, 1.54) is 0 Å². The number of hydrogen-bond acceptors (Lipinski definition) is 2. The van der Waals surface area contributed by atoms with Crippen molar-refractivity contribution < 1.29 is 9.90 Å². The third kappa shape index (κ3) is 4.43. The number of nitrogens with one attached hydrogen (secondary N) is 1. The molecular weight excluding hydrogens is 262 g/mol. The second-order valence-corrected chi connectivity index (χ2v) is 5.18. The van der Waals surface area contributed by atoms with E-state index in [1.807, 2.05) is 61.5 Å². The predicted octanol–water partition coefficient (Wildman–Crippen LogP) is 3.24. The van der Waals surface area contributed by atoms with Gasteiger partial charge in [-0.2, -0.15) is 0 Å². The minimum Gasteiger partial charge on any atom is -0.396 e. The molecule has 0 heterocycles. The van der Waals surface area contributed by atoms with Gasteiger partial charge in [-0.3, -0.25) is 4.79 Å². The summed E-state index contributed by atoms with van der Waals surface area (Å²) in [4.78, 5) is 12.1. The number of rotatable bonds is 6. The van der Waals surface area contributed by atoms with E-state index in [2.05, 4.69) is 5.32 Å². The highest BCUT2D eigenvalue weighted by Gasteiger charge is 2.09. The maximum Gasteiger partial charge on any atom is 0.251 e. The number of benzene rings is 2. The van der Waals surface area contributed by atoms with Gasteiger partial charge >= 0.3 is 0 Å². The fraction of sp³-hybridized carbons (Fsp3) is 0.278. The molecule has 0 spiro atoms. The zero-order valence-electron chi connectivity index (χ0n) is 12.3. The molecule has 0 fully saturated rings. The minimum atomic E-state index is -0.0694. The third-order valence-corrected chi connectivity index (χ3v) is 3.43. The van der Waals surface area contributed by atoms with Gasteiger partial charge in [-0.25, -0.2) is 0 Å². The molecule has 2 aromatic carbocycles. The molecule has 3 nitrogen and oxygen atoms in total. The Kier molecular flexibility index (Phi) is 5.52. The second-order valence-electron chi connectivity index (χ2n) is 5.18. The standard InChI is InChI=1S/C18H21NO2/c1-14(6-5-13-20)19-18(21)17-11-9-16(10-12-17)15-7-3-2-4-8-15/h2-4,7-12,14,20H,5-6,13H2,1H3,(H,19,21). The average Bonchev–Trinajstić information content (AvgIpc) is 2.54. The summed E-state index contributed by atoms with van der Waals surface area (Å²) in [6.07, 6.45) is 1.48. The maximum atomic E-state index is 12.1. The summed E-state index contributed by atoms with van der Waals surface area (Å²) < 4.78 is 0. The van der Waals surface area contributed by atoms with E-state index in [1.54, 1.807) is 0 Å². The quantitative estimate of drug-likeness (QED) is 0.855. The predicted molar refractivity (Wildman–Crippen MR) is 85.1 cm³/mol. The van der Waals surface area contributed by atoms with Gasteiger partial charge in [0.15, 0.2) is 0 Å². The summed E-state index contributed by atoms with van der Waals surface area (Å²) in [6.45, 7) is 2.11. The van der Waals surface area contributed by atoms with Gasteiger partial charge in [-0.05, 0) is 43.0 Å². The van der Waals surface area contributed by atoms with Crippen LogP contribution in [0.5, 0.6) is 0 Å². The van der Waals surface area contributed by atoms with Gasteiger partial charge in [0.2, 0.25) is 0 Å². The first-order chi connectivity index (χ1) is 10.2. The van der Waals surface area contributed by atoms with Crippen LogP contribution in [0.25, 0.3) is 11.1 Å². The molecule has 0 radical (unpaired) electrons. The molecule has 1 unspecified atom stereocenters. The minimum absolute atomic E-state index is 0.0680. The van der Waals surface area contributed by atoms with Crippen LogP contribution < -0.4 is 5.32 Å². The monoisotopic (exact) mass is 283 g/mol. The third-order valence-electron chi connectivity index (χ3n) is 3.43. The highest BCUT2D eigenvalue weighted by Crippen LogP contribution is 2.19. The zero-order valence-corrected chi connectivity index (χ0v) is 12.3. The largest absolute Gasteiger partial charge is 0.396 e. The second kappa shape index (κ2) is 7.60. The maximum absolute atomic E-state index is 12.1. The fourth-order valence-corrected chi connectivity index (χ4v) is 2.22. The van der Waals surface area contributed by atoms with Crippen molar-refractivity contribution in [2.75, 3.05) is 6.61 Å². The molecular formula is C18H21NO2. The van der Waals surface area contributed by atoms with Crippen molar-refractivity contribution in [3.05, 3.63) is 60.2 Å². The van der Waals surface area contributed by atoms with Crippen molar-refractivity contribution in [2.24, 2.45) is 0 Å². The Labute approximate surface area is 125 Å². The van der Waals surface area contributed by atoms with Crippen LogP contribution in [0, 0.1) is 0 Å². The van der Waals surface area contributed by atoms with Crippen molar-refractivity contribution in [2.45, 2.75) is 25.8 Å². The number of amides is 1. The Hall–Kier alpha value is -2.13. The summed E-state index contributed by atoms with van der Waals surface area (Å²) in [5.74, 6) is -0.0694. The lowest BCUT2D eigenvalue weighted by Crippen LogP contribution is -2.32. The molecule has 1 amide bonds. The van der Waals surface area contributed by atoms with Crippen molar-refractivity contribution in [3.63, 3.8) is 0 Å². The molecule has 0 saturated heterocycles. The SMILES string of the molecule is CC(CCCO)NC(=O)c1ccc(-c2ccccc2)cc1. The van der Waals surface area contributed by atoms with Crippen LogP contribution in [-0.2, 0) is 0 Å². The zero-order chi connectivity index (χ0) is 15.1. The Bertz CT molecular complexity index is 564. The van der Waals surface area contributed by atoms with Gasteiger partial charge in [0.25, 0.3) is 5.91 Å². The van der Waals surface area contributed by atoms with Crippen LogP contribution >= 0.6 is 0 Å². The first kappa shape index (κ1) is 15.3. The molecule has 1 atom stereocenters. The van der Waals surface area contributed by atoms with Crippen molar-refractivity contribution in [3.8, 4) is 11.1 Å². The Morgan fingerprint density at radius 1 is 1.05 bits per heavy atom. The van der Waals surface area contributed by atoms with E-state index in [0.29, 0.717) is 12.0 Å². The van der Waals surface area contributed by atoms with Crippen LogP contribution in [0.2, 0.25) is 0 Å². The Morgan fingerprint density at radius 3 is 2.29 bits per heavy atom. The average molecular weight is 283 g/mol. The van der Waals surface area contributed by atoms with Crippen LogP contribution in [0.4, 0.5) is 0 Å². The van der Waals surface area contributed by atoms with E-state index in [0.717, 1.165) is 17.5 Å². The summed E-state index contributed by atoms with van der Waals surface area (Å²) in [5.41, 5.74) is 2.90. The lowest BCUT2D eigenvalue weighted by atomic mass is 10.0. The number of hydrogen-bond donors (Lipinski definition) is 2. The van der Waals surface area contributed by atoms with E-state index in [4.69, 9.17) is 5.11 Å². The van der Waals surface area contributed by atoms with E-state index in [9.17, 15) is 4.79 Å². The van der Waals surface area contributed by atoms with E-state index in [-0.39, 0.29) is 18.6 Å². The van der Waals surface area contributed by atoms with Gasteiger partial charge in [-0.15, -0.1) is 0 Å². The summed E-state index contributed by atoms with van der Waals surface area (Å²) in [6, 6.07) is 17.8. The highest BCUT2D eigenvalue weighted by molar-refractivity contribution is 5.94. The molecule has 2 N–H and O–H groups in total. The topological polar surface area (TPSA) is 49.3 Å². The highest BCUT2D eigenvalue weighted by atomic mass is 16.2. The Balaban J connectivity index is 2.00. The molecule has 0 aliphatic rings. The summed E-state index contributed by atoms with van der Waals surface area (Å²) >= 11 is 0. The number of carbonyl (C=O) groups is 1. The molecule has 2 rings (SSSR count). The van der Waals surface area contributed by atoms with Crippen LogP contribution in [-0.4, -0.2) is 23.7 Å². The first-order valence-electron chi connectivity index (χ1n) is 7.28. The number of carbonyl (C=O) groups excluding carboxylic acids is 1. The number of aliphatic hydroxyl groups is 1. The molecule has 110 valence electrons. The molecule has 3 heteroatoms. The molecule has 2 aromatic rings. The molecule has 0 aliphatic heterocycles. The molecule has 0 aromatic heterocycles. The van der Waals surface area contributed by atoms with E-state index >= 15 is 0 Å². The first-order valence-corrected chi connectivity index (χ1v) is 7.28. The van der Waals surface area contributed by atoms with Crippen molar-refractivity contribution in [1.82, 2.24) is 5.32 Å². The lowest BCUT2D eigenvalue weighted by molar-refractivity contribution is 0.0936. The van der Waals surface area contributed by atoms with Gasteiger partial charge < -0.3 is 10.4 Å².